The van der Waals surface area contributed by atoms with Crippen LogP contribution in [0.15, 0.2) is 77.2 Å². The Morgan fingerprint density at radius 3 is 2.14 bits per heavy atom. The van der Waals surface area contributed by atoms with Gasteiger partial charge in [0.1, 0.15) is 11.4 Å². The summed E-state index contributed by atoms with van der Waals surface area (Å²) >= 11 is 1.06. The Morgan fingerprint density at radius 2 is 1.54 bits per heavy atom. The fourth-order valence-electron chi connectivity index (χ4n) is 2.68. The third-order valence-electron chi connectivity index (χ3n) is 3.99. The van der Waals surface area contributed by atoms with E-state index in [0.717, 1.165) is 22.9 Å². The number of hydrogen-bond donors (Lipinski definition) is 0. The molecular formula is C19H14N6O2S. The van der Waals surface area contributed by atoms with Crippen molar-refractivity contribution in [2.45, 2.75) is 10.2 Å². The zero-order chi connectivity index (χ0) is 19.5. The molecule has 2 aromatic carbocycles. The highest BCUT2D eigenvalue weighted by Crippen LogP contribution is 2.34. The van der Waals surface area contributed by atoms with Gasteiger partial charge in [-0.3, -0.25) is 0 Å². The smallest absolute Gasteiger partial charge is 0.358 e. The van der Waals surface area contributed by atoms with Crippen LogP contribution in [0.5, 0.6) is 0 Å². The van der Waals surface area contributed by atoms with E-state index in [1.807, 2.05) is 60.7 Å². The van der Waals surface area contributed by atoms with E-state index in [4.69, 9.17) is 0 Å². The molecule has 0 bridgehead atoms. The topological polar surface area (TPSA) is 99.6 Å². The second kappa shape index (κ2) is 7.57. The van der Waals surface area contributed by atoms with Gasteiger partial charge < -0.3 is 14.7 Å². The summed E-state index contributed by atoms with van der Waals surface area (Å²) in [4.78, 5) is 19.2. The van der Waals surface area contributed by atoms with Gasteiger partial charge >= 0.3 is 5.82 Å². The molecule has 0 aliphatic carbocycles. The summed E-state index contributed by atoms with van der Waals surface area (Å²) < 4.78 is 1.57. The molecule has 8 nitrogen and oxygen atoms in total. The van der Waals surface area contributed by atoms with E-state index < -0.39 is 4.92 Å². The van der Waals surface area contributed by atoms with E-state index in [2.05, 4.69) is 20.2 Å². The zero-order valence-corrected chi connectivity index (χ0v) is 15.6. The van der Waals surface area contributed by atoms with E-state index in [-0.39, 0.29) is 5.82 Å². The number of rotatable bonds is 5. The Balaban J connectivity index is 1.81. The van der Waals surface area contributed by atoms with Crippen molar-refractivity contribution in [3.05, 3.63) is 77.1 Å². The van der Waals surface area contributed by atoms with Gasteiger partial charge in [-0.15, -0.1) is 10.2 Å². The predicted molar refractivity (Wildman–Crippen MR) is 105 cm³/mol. The molecule has 0 amide bonds. The van der Waals surface area contributed by atoms with Gasteiger partial charge in [-0.05, 0) is 21.7 Å². The van der Waals surface area contributed by atoms with Crippen molar-refractivity contribution in [3.63, 3.8) is 0 Å². The number of nitro groups is 1. The highest BCUT2D eigenvalue weighted by molar-refractivity contribution is 7.99. The van der Waals surface area contributed by atoms with Gasteiger partial charge in [-0.1, -0.05) is 60.7 Å². The molecule has 0 spiro atoms. The standard InChI is InChI=1S/C19H14N6O2S/c1-24-12-20-17(25(26)27)18(24)28-19-21-15(13-8-4-2-5-9-13)16(22-23-19)14-10-6-3-7-11-14/h2-12H,1H3. The highest BCUT2D eigenvalue weighted by atomic mass is 32.2. The summed E-state index contributed by atoms with van der Waals surface area (Å²) in [5.74, 6) is -0.232. The summed E-state index contributed by atoms with van der Waals surface area (Å²) in [6.45, 7) is 0. The number of aryl methyl sites for hydroxylation is 1. The molecule has 4 aromatic rings. The summed E-state index contributed by atoms with van der Waals surface area (Å²) in [6, 6.07) is 19.3. The first-order chi connectivity index (χ1) is 13.6. The average Bonchev–Trinajstić information content (AvgIpc) is 3.10. The number of aromatic nitrogens is 5. The lowest BCUT2D eigenvalue weighted by atomic mass is 10.0. The van der Waals surface area contributed by atoms with Crippen molar-refractivity contribution in [1.82, 2.24) is 24.7 Å². The van der Waals surface area contributed by atoms with Crippen molar-refractivity contribution in [2.75, 3.05) is 0 Å². The molecule has 0 unspecified atom stereocenters. The normalized spacial score (nSPS) is 10.8. The monoisotopic (exact) mass is 390 g/mol. The first-order valence-corrected chi connectivity index (χ1v) is 9.14. The maximum Gasteiger partial charge on any atom is 0.396 e. The Kier molecular flexibility index (Phi) is 4.81. The van der Waals surface area contributed by atoms with Crippen LogP contribution in [0, 0.1) is 10.1 Å². The summed E-state index contributed by atoms with van der Waals surface area (Å²) in [7, 11) is 1.69. The fraction of sp³-hybridized carbons (Fsp3) is 0.0526. The van der Waals surface area contributed by atoms with E-state index in [1.54, 1.807) is 11.6 Å². The van der Waals surface area contributed by atoms with Crippen LogP contribution in [-0.2, 0) is 7.05 Å². The zero-order valence-electron chi connectivity index (χ0n) is 14.8. The number of benzene rings is 2. The molecule has 0 saturated heterocycles. The molecule has 0 saturated carbocycles. The molecule has 2 heterocycles. The van der Waals surface area contributed by atoms with Crippen molar-refractivity contribution in [1.29, 1.82) is 0 Å². The second-order valence-electron chi connectivity index (χ2n) is 5.87. The van der Waals surface area contributed by atoms with Gasteiger partial charge in [-0.25, -0.2) is 4.98 Å². The van der Waals surface area contributed by atoms with Gasteiger partial charge in [0.15, 0.2) is 5.03 Å². The van der Waals surface area contributed by atoms with Crippen molar-refractivity contribution in [3.8, 4) is 22.5 Å². The third kappa shape index (κ3) is 3.47. The van der Waals surface area contributed by atoms with Crippen LogP contribution in [0.25, 0.3) is 22.5 Å². The molecule has 138 valence electrons. The van der Waals surface area contributed by atoms with Gasteiger partial charge in [0.05, 0.1) is 0 Å². The minimum Gasteiger partial charge on any atom is -0.358 e. The van der Waals surface area contributed by atoms with Crippen LogP contribution in [-0.4, -0.2) is 29.7 Å². The Morgan fingerprint density at radius 1 is 0.929 bits per heavy atom. The maximum absolute atomic E-state index is 11.2. The lowest BCUT2D eigenvalue weighted by molar-refractivity contribution is -0.392. The number of imidazole rings is 1. The average molecular weight is 390 g/mol. The fourth-order valence-corrected chi connectivity index (χ4v) is 3.48. The van der Waals surface area contributed by atoms with E-state index in [9.17, 15) is 10.1 Å². The van der Waals surface area contributed by atoms with Crippen LogP contribution >= 0.6 is 11.8 Å². The summed E-state index contributed by atoms with van der Waals surface area (Å²) in [5.41, 5.74) is 3.09. The van der Waals surface area contributed by atoms with Crippen LogP contribution in [0.2, 0.25) is 0 Å². The Labute approximate surface area is 164 Å². The van der Waals surface area contributed by atoms with Gasteiger partial charge in [0.2, 0.25) is 11.5 Å². The predicted octanol–water partition coefficient (Wildman–Crippen LogP) is 4.00. The lowest BCUT2D eigenvalue weighted by Gasteiger charge is -2.09. The summed E-state index contributed by atoms with van der Waals surface area (Å²) in [5, 5.41) is 20.4. The van der Waals surface area contributed by atoms with Crippen molar-refractivity contribution in [2.24, 2.45) is 7.05 Å². The van der Waals surface area contributed by atoms with Gasteiger partial charge in [0.25, 0.3) is 0 Å². The molecule has 0 fully saturated rings. The SMILES string of the molecule is Cn1cnc([N+](=O)[O-])c1Sc1nnc(-c2ccccc2)c(-c2ccccc2)n1. The molecule has 0 radical (unpaired) electrons. The maximum atomic E-state index is 11.2. The number of hydrogen-bond acceptors (Lipinski definition) is 7. The van der Waals surface area contributed by atoms with Crippen molar-refractivity contribution < 1.29 is 4.92 Å². The molecule has 0 N–H and O–H groups in total. The van der Waals surface area contributed by atoms with E-state index in [1.165, 1.54) is 6.33 Å². The van der Waals surface area contributed by atoms with E-state index >= 15 is 0 Å². The van der Waals surface area contributed by atoms with Crippen LogP contribution in [0.1, 0.15) is 0 Å². The second-order valence-corrected chi connectivity index (χ2v) is 6.82. The van der Waals surface area contributed by atoms with E-state index in [0.29, 0.717) is 21.6 Å². The minimum atomic E-state index is -0.522. The Hall–Kier alpha value is -3.59. The molecule has 2 aromatic heterocycles. The molecule has 9 heteroatoms. The first-order valence-electron chi connectivity index (χ1n) is 8.32. The highest BCUT2D eigenvalue weighted by Gasteiger charge is 2.23. The first kappa shape index (κ1) is 17.8. The van der Waals surface area contributed by atoms with Gasteiger partial charge in [-0.2, -0.15) is 0 Å². The minimum absolute atomic E-state index is 0.232. The van der Waals surface area contributed by atoms with Gasteiger partial charge in [0, 0.05) is 18.2 Å². The molecule has 4 rings (SSSR count). The van der Waals surface area contributed by atoms with Crippen LogP contribution < -0.4 is 0 Å². The molecule has 0 aliphatic heterocycles. The molecule has 0 atom stereocenters. The third-order valence-corrected chi connectivity index (χ3v) is 5.01. The largest absolute Gasteiger partial charge is 0.396 e. The molecule has 28 heavy (non-hydrogen) atoms. The molecular weight excluding hydrogens is 376 g/mol. The Bertz CT molecular complexity index is 1130. The lowest BCUT2D eigenvalue weighted by Crippen LogP contribution is -2.00. The molecule has 0 aliphatic rings. The van der Waals surface area contributed by atoms with Crippen LogP contribution in [0.4, 0.5) is 5.82 Å². The quantitative estimate of drug-likeness (QED) is 0.375. The summed E-state index contributed by atoms with van der Waals surface area (Å²) in [6.07, 6.45) is 1.39. The van der Waals surface area contributed by atoms with Crippen LogP contribution in [0.3, 0.4) is 0 Å². The van der Waals surface area contributed by atoms with Crippen molar-refractivity contribution >= 4 is 17.6 Å². The number of nitrogens with zero attached hydrogens (tertiary/aromatic N) is 6.